The number of hydrogen-bond acceptors (Lipinski definition) is 4. The molecule has 0 N–H and O–H groups in total. The summed E-state index contributed by atoms with van der Waals surface area (Å²) >= 11 is 1.76. The smallest absolute Gasteiger partial charge is 0.129 e. The standard InChI is InChI=1S/C14H22N2OS/c1-11(17)5-3-7-14-15-13(10-18-14)12-6-4-8-16(2)9-12/h10,12H,3-9H2,1-2H3. The van der Waals surface area contributed by atoms with Crippen molar-refractivity contribution in [2.24, 2.45) is 0 Å². The van der Waals surface area contributed by atoms with Gasteiger partial charge >= 0.3 is 0 Å². The van der Waals surface area contributed by atoms with Crippen LogP contribution in [0.4, 0.5) is 0 Å². The molecule has 0 spiro atoms. The van der Waals surface area contributed by atoms with Crippen LogP contribution in [0.25, 0.3) is 0 Å². The van der Waals surface area contributed by atoms with Crippen molar-refractivity contribution in [1.29, 1.82) is 0 Å². The Labute approximate surface area is 113 Å². The molecule has 0 amide bonds. The molecule has 0 bridgehead atoms. The van der Waals surface area contributed by atoms with Gasteiger partial charge < -0.3 is 9.69 Å². The maximum absolute atomic E-state index is 10.9. The molecule has 1 saturated heterocycles. The third-order valence-electron chi connectivity index (χ3n) is 3.53. The summed E-state index contributed by atoms with van der Waals surface area (Å²) in [5, 5.41) is 3.41. The monoisotopic (exact) mass is 266 g/mol. The van der Waals surface area contributed by atoms with E-state index >= 15 is 0 Å². The van der Waals surface area contributed by atoms with Crippen LogP contribution in [0.2, 0.25) is 0 Å². The third kappa shape index (κ3) is 3.89. The molecule has 100 valence electrons. The van der Waals surface area contributed by atoms with Gasteiger partial charge in [-0.25, -0.2) is 4.98 Å². The molecule has 1 aliphatic heterocycles. The summed E-state index contributed by atoms with van der Waals surface area (Å²) in [6.07, 6.45) is 5.11. The Kier molecular flexibility index (Phi) is 4.89. The maximum Gasteiger partial charge on any atom is 0.129 e. The topological polar surface area (TPSA) is 33.2 Å². The fourth-order valence-corrected chi connectivity index (χ4v) is 3.45. The Balaban J connectivity index is 1.87. The zero-order valence-corrected chi connectivity index (χ0v) is 12.1. The van der Waals surface area contributed by atoms with Gasteiger partial charge in [0.2, 0.25) is 0 Å². The normalized spacial score (nSPS) is 21.1. The summed E-state index contributed by atoms with van der Waals surface area (Å²) in [5.41, 5.74) is 1.27. The van der Waals surface area contributed by atoms with Crippen LogP contribution in [0.1, 0.15) is 49.2 Å². The summed E-state index contributed by atoms with van der Waals surface area (Å²) in [5.74, 6) is 0.891. The minimum absolute atomic E-state index is 0.278. The minimum Gasteiger partial charge on any atom is -0.306 e. The number of ketones is 1. The maximum atomic E-state index is 10.9. The second kappa shape index (κ2) is 6.43. The fraction of sp³-hybridized carbons (Fsp3) is 0.714. The van der Waals surface area contributed by atoms with Gasteiger partial charge in [0, 0.05) is 24.3 Å². The Bertz CT molecular complexity index is 402. The van der Waals surface area contributed by atoms with E-state index in [9.17, 15) is 4.79 Å². The Morgan fingerprint density at radius 3 is 3.17 bits per heavy atom. The van der Waals surface area contributed by atoms with Gasteiger partial charge in [-0.05, 0) is 46.2 Å². The summed E-state index contributed by atoms with van der Waals surface area (Å²) in [7, 11) is 2.19. The lowest BCUT2D eigenvalue weighted by atomic mass is 9.96. The van der Waals surface area contributed by atoms with E-state index in [2.05, 4.69) is 17.3 Å². The molecule has 3 nitrogen and oxygen atoms in total. The molecule has 0 radical (unpaired) electrons. The number of piperidine rings is 1. The lowest BCUT2D eigenvalue weighted by Gasteiger charge is -2.28. The molecule has 18 heavy (non-hydrogen) atoms. The number of thiazole rings is 1. The number of carbonyl (C=O) groups is 1. The zero-order chi connectivity index (χ0) is 13.0. The van der Waals surface area contributed by atoms with Gasteiger partial charge in [-0.1, -0.05) is 0 Å². The van der Waals surface area contributed by atoms with Crippen LogP contribution in [0.15, 0.2) is 5.38 Å². The Hall–Kier alpha value is -0.740. The number of nitrogens with zero attached hydrogens (tertiary/aromatic N) is 2. The van der Waals surface area contributed by atoms with Crippen LogP contribution in [-0.4, -0.2) is 35.8 Å². The van der Waals surface area contributed by atoms with Gasteiger partial charge in [-0.15, -0.1) is 11.3 Å². The predicted molar refractivity (Wildman–Crippen MR) is 75.2 cm³/mol. The quantitative estimate of drug-likeness (QED) is 0.821. The molecule has 1 aromatic heterocycles. The van der Waals surface area contributed by atoms with Crippen molar-refractivity contribution in [2.45, 2.75) is 44.9 Å². The second-order valence-electron chi connectivity index (χ2n) is 5.32. The van der Waals surface area contributed by atoms with Gasteiger partial charge in [0.1, 0.15) is 5.78 Å². The molecular formula is C14H22N2OS. The molecule has 1 atom stereocenters. The minimum atomic E-state index is 0.278. The van der Waals surface area contributed by atoms with Crippen molar-refractivity contribution < 1.29 is 4.79 Å². The third-order valence-corrected chi connectivity index (χ3v) is 4.46. The second-order valence-corrected chi connectivity index (χ2v) is 6.27. The van der Waals surface area contributed by atoms with E-state index in [0.717, 1.165) is 19.4 Å². The summed E-state index contributed by atoms with van der Waals surface area (Å²) in [4.78, 5) is 18.0. The average Bonchev–Trinajstić information content (AvgIpc) is 2.77. The Morgan fingerprint density at radius 2 is 2.44 bits per heavy atom. The predicted octanol–water partition coefficient (Wildman–Crippen LogP) is 2.86. The summed E-state index contributed by atoms with van der Waals surface area (Å²) in [6, 6.07) is 0. The van der Waals surface area contributed by atoms with Crippen LogP contribution < -0.4 is 0 Å². The van der Waals surface area contributed by atoms with E-state index < -0.39 is 0 Å². The lowest BCUT2D eigenvalue weighted by molar-refractivity contribution is -0.117. The van der Waals surface area contributed by atoms with Crippen molar-refractivity contribution in [3.05, 3.63) is 16.1 Å². The van der Waals surface area contributed by atoms with Crippen molar-refractivity contribution in [1.82, 2.24) is 9.88 Å². The molecule has 2 rings (SSSR count). The fourth-order valence-electron chi connectivity index (χ4n) is 2.52. The van der Waals surface area contributed by atoms with E-state index in [1.807, 2.05) is 0 Å². The largest absolute Gasteiger partial charge is 0.306 e. The van der Waals surface area contributed by atoms with Crippen molar-refractivity contribution in [3.63, 3.8) is 0 Å². The molecule has 4 heteroatoms. The van der Waals surface area contributed by atoms with Crippen molar-refractivity contribution >= 4 is 17.1 Å². The van der Waals surface area contributed by atoms with Crippen LogP contribution in [0.5, 0.6) is 0 Å². The SMILES string of the molecule is CC(=O)CCCc1nc(C2CCCN(C)C2)cs1. The lowest BCUT2D eigenvalue weighted by Crippen LogP contribution is -2.30. The molecule has 0 aliphatic carbocycles. The molecule has 1 unspecified atom stereocenters. The molecule has 0 saturated carbocycles. The number of likely N-dealkylation sites (tertiary alicyclic amines) is 1. The number of rotatable bonds is 5. The molecular weight excluding hydrogens is 244 g/mol. The number of aromatic nitrogens is 1. The first-order valence-electron chi connectivity index (χ1n) is 6.77. The van der Waals surface area contributed by atoms with Crippen LogP contribution in [0.3, 0.4) is 0 Å². The van der Waals surface area contributed by atoms with E-state index in [0.29, 0.717) is 12.3 Å². The number of likely N-dealkylation sites (N-methyl/N-ethyl adjacent to an activating group) is 1. The highest BCUT2D eigenvalue weighted by atomic mass is 32.1. The van der Waals surface area contributed by atoms with Crippen LogP contribution >= 0.6 is 11.3 Å². The van der Waals surface area contributed by atoms with Gasteiger partial charge in [-0.3, -0.25) is 0 Å². The van der Waals surface area contributed by atoms with E-state index in [1.54, 1.807) is 18.3 Å². The average molecular weight is 266 g/mol. The molecule has 2 heterocycles. The van der Waals surface area contributed by atoms with E-state index in [-0.39, 0.29) is 5.78 Å². The highest BCUT2D eigenvalue weighted by Gasteiger charge is 2.21. The van der Waals surface area contributed by atoms with Gasteiger partial charge in [0.05, 0.1) is 10.7 Å². The highest BCUT2D eigenvalue weighted by Crippen LogP contribution is 2.27. The van der Waals surface area contributed by atoms with Crippen molar-refractivity contribution in [3.8, 4) is 0 Å². The van der Waals surface area contributed by atoms with Crippen LogP contribution in [0, 0.1) is 0 Å². The number of hydrogen-bond donors (Lipinski definition) is 0. The van der Waals surface area contributed by atoms with Crippen molar-refractivity contribution in [2.75, 3.05) is 20.1 Å². The first-order chi connectivity index (χ1) is 8.65. The molecule has 1 aliphatic rings. The zero-order valence-electron chi connectivity index (χ0n) is 11.3. The number of carbonyl (C=O) groups excluding carboxylic acids is 1. The molecule has 0 aromatic carbocycles. The number of aryl methyl sites for hydroxylation is 1. The molecule has 1 fully saturated rings. The van der Waals surface area contributed by atoms with Gasteiger partial charge in [0.15, 0.2) is 0 Å². The molecule has 1 aromatic rings. The highest BCUT2D eigenvalue weighted by molar-refractivity contribution is 7.09. The first-order valence-corrected chi connectivity index (χ1v) is 7.65. The summed E-state index contributed by atoms with van der Waals surface area (Å²) < 4.78 is 0. The van der Waals surface area contributed by atoms with E-state index in [4.69, 9.17) is 4.98 Å². The summed E-state index contributed by atoms with van der Waals surface area (Å²) in [6.45, 7) is 4.01. The number of Topliss-reactive ketones (excluding diaryl/α,β-unsaturated/α-hetero) is 1. The Morgan fingerprint density at radius 1 is 1.61 bits per heavy atom. The van der Waals surface area contributed by atoms with Crippen LogP contribution in [-0.2, 0) is 11.2 Å². The first kappa shape index (κ1) is 13.7. The van der Waals surface area contributed by atoms with E-state index in [1.165, 1.54) is 30.1 Å². The van der Waals surface area contributed by atoms with Gasteiger partial charge in [-0.2, -0.15) is 0 Å². The van der Waals surface area contributed by atoms with Gasteiger partial charge in [0.25, 0.3) is 0 Å².